The fourth-order valence-electron chi connectivity index (χ4n) is 1.45. The van der Waals surface area contributed by atoms with Crippen molar-refractivity contribution in [3.05, 3.63) is 29.8 Å². The summed E-state index contributed by atoms with van der Waals surface area (Å²) in [6.07, 6.45) is 0. The molecule has 0 radical (unpaired) electrons. The highest BCUT2D eigenvalue weighted by atomic mass is 19.3. The van der Waals surface area contributed by atoms with E-state index < -0.39 is 31.1 Å². The molecule has 7 nitrogen and oxygen atoms in total. The summed E-state index contributed by atoms with van der Waals surface area (Å²) in [4.78, 5) is 34.3. The fraction of sp³-hybridized carbons (Fsp3) is 0.357. The molecule has 0 saturated carbocycles. The number of alkyl halides is 2. The van der Waals surface area contributed by atoms with E-state index in [0.717, 1.165) is 0 Å². The number of hydrogen-bond donors (Lipinski definition) is 2. The fourth-order valence-corrected chi connectivity index (χ4v) is 1.45. The minimum atomic E-state index is -2.96. The van der Waals surface area contributed by atoms with Gasteiger partial charge in [0.05, 0.1) is 5.56 Å². The van der Waals surface area contributed by atoms with Crippen molar-refractivity contribution in [1.82, 2.24) is 10.6 Å². The van der Waals surface area contributed by atoms with Crippen molar-refractivity contribution >= 4 is 17.9 Å². The number of carbonyl (C=O) groups is 3. The molecule has 0 fully saturated rings. The zero-order chi connectivity index (χ0) is 17.4. The smallest absolute Gasteiger partial charge is 0.387 e. The topological polar surface area (TPSA) is 93.7 Å². The second kappa shape index (κ2) is 8.66. The molecule has 1 rings (SSSR count). The lowest BCUT2D eigenvalue weighted by atomic mass is 10.2. The molecule has 0 unspecified atom stereocenters. The average molecular weight is 330 g/mol. The van der Waals surface area contributed by atoms with Gasteiger partial charge in [-0.15, -0.1) is 0 Å². The summed E-state index contributed by atoms with van der Waals surface area (Å²) in [6, 6.07) is 3.90. The van der Waals surface area contributed by atoms with Gasteiger partial charge >= 0.3 is 18.6 Å². The van der Waals surface area contributed by atoms with Crippen molar-refractivity contribution < 1.29 is 32.6 Å². The van der Waals surface area contributed by atoms with Gasteiger partial charge in [-0.25, -0.2) is 9.59 Å². The summed E-state index contributed by atoms with van der Waals surface area (Å²) < 4.78 is 32.8. The summed E-state index contributed by atoms with van der Waals surface area (Å²) in [7, 11) is 0. The molecule has 0 saturated heterocycles. The Morgan fingerprint density at radius 2 is 1.74 bits per heavy atom. The molecule has 23 heavy (non-hydrogen) atoms. The van der Waals surface area contributed by atoms with Gasteiger partial charge in [-0.3, -0.25) is 10.1 Å². The second-order valence-electron chi connectivity index (χ2n) is 4.66. The molecule has 0 aliphatic rings. The first-order valence-electron chi connectivity index (χ1n) is 6.60. The summed E-state index contributed by atoms with van der Waals surface area (Å²) in [5.41, 5.74) is 0.0473. The highest BCUT2D eigenvalue weighted by Gasteiger charge is 2.13. The van der Waals surface area contributed by atoms with Gasteiger partial charge in [0.2, 0.25) is 0 Å². The molecule has 1 aromatic rings. The van der Waals surface area contributed by atoms with Crippen LogP contribution >= 0.6 is 0 Å². The Bertz CT molecular complexity index is 561. The van der Waals surface area contributed by atoms with Crippen LogP contribution in [0.1, 0.15) is 24.2 Å². The molecule has 9 heteroatoms. The van der Waals surface area contributed by atoms with Crippen LogP contribution in [0.5, 0.6) is 5.75 Å². The number of hydrogen-bond acceptors (Lipinski definition) is 5. The van der Waals surface area contributed by atoms with Crippen molar-refractivity contribution in [1.29, 1.82) is 0 Å². The van der Waals surface area contributed by atoms with Crippen LogP contribution in [0, 0.1) is 0 Å². The van der Waals surface area contributed by atoms with Gasteiger partial charge in [-0.1, -0.05) is 0 Å². The monoisotopic (exact) mass is 330 g/mol. The van der Waals surface area contributed by atoms with Crippen LogP contribution in [0.4, 0.5) is 13.6 Å². The predicted octanol–water partition coefficient (Wildman–Crippen LogP) is 1.68. The number of nitrogens with one attached hydrogen (secondary N) is 2. The Kier molecular flexibility index (Phi) is 6.91. The highest BCUT2D eigenvalue weighted by molar-refractivity contribution is 5.97. The summed E-state index contributed by atoms with van der Waals surface area (Å²) in [5.74, 6) is -1.75. The number of carbonyl (C=O) groups excluding carboxylic acids is 3. The van der Waals surface area contributed by atoms with Crippen LogP contribution in [-0.2, 0) is 9.53 Å². The van der Waals surface area contributed by atoms with Crippen LogP contribution in [0.25, 0.3) is 0 Å². The molecule has 3 amide bonds. The first-order chi connectivity index (χ1) is 10.8. The Balaban J connectivity index is 2.44. The van der Waals surface area contributed by atoms with Gasteiger partial charge in [-0.2, -0.15) is 8.78 Å². The normalized spacial score (nSPS) is 10.3. The van der Waals surface area contributed by atoms with E-state index in [9.17, 15) is 23.2 Å². The Labute approximate surface area is 130 Å². The molecule has 0 aliphatic heterocycles. The van der Waals surface area contributed by atoms with E-state index in [0.29, 0.717) is 0 Å². The lowest BCUT2D eigenvalue weighted by molar-refractivity contribution is -0.123. The van der Waals surface area contributed by atoms with E-state index in [1.54, 1.807) is 13.8 Å². The van der Waals surface area contributed by atoms with Crippen molar-refractivity contribution in [2.24, 2.45) is 0 Å². The molecule has 0 aliphatic carbocycles. The standard InChI is InChI=1S/C14H16F2N2O5/c1-8(2)17-14(21)18-11(19)7-22-12(20)9-3-5-10(6-4-9)23-13(15)16/h3-6,8,13H,7H2,1-2H3,(H2,17,18,19,21). The lowest BCUT2D eigenvalue weighted by Gasteiger charge is -2.09. The largest absolute Gasteiger partial charge is 0.452 e. The van der Waals surface area contributed by atoms with Gasteiger partial charge in [0.25, 0.3) is 5.91 Å². The van der Waals surface area contributed by atoms with E-state index >= 15 is 0 Å². The molecule has 0 atom stereocenters. The van der Waals surface area contributed by atoms with E-state index in [4.69, 9.17) is 4.74 Å². The zero-order valence-electron chi connectivity index (χ0n) is 12.5. The van der Waals surface area contributed by atoms with Crippen LogP contribution in [0.2, 0.25) is 0 Å². The molecule has 0 bridgehead atoms. The summed E-state index contributed by atoms with van der Waals surface area (Å²) in [5, 5.41) is 4.41. The number of urea groups is 1. The summed E-state index contributed by atoms with van der Waals surface area (Å²) in [6.45, 7) is -0.190. The molecule has 0 spiro atoms. The zero-order valence-corrected chi connectivity index (χ0v) is 12.5. The van der Waals surface area contributed by atoms with Gasteiger partial charge in [-0.05, 0) is 38.1 Å². The van der Waals surface area contributed by atoms with E-state index in [-0.39, 0.29) is 17.4 Å². The van der Waals surface area contributed by atoms with E-state index in [1.807, 2.05) is 5.32 Å². The molecule has 126 valence electrons. The Morgan fingerprint density at radius 1 is 1.13 bits per heavy atom. The average Bonchev–Trinajstić information content (AvgIpc) is 2.44. The van der Waals surface area contributed by atoms with Gasteiger partial charge < -0.3 is 14.8 Å². The third-order valence-corrected chi connectivity index (χ3v) is 2.32. The molecular weight excluding hydrogens is 314 g/mol. The number of benzene rings is 1. The number of rotatable bonds is 6. The van der Waals surface area contributed by atoms with Crippen molar-refractivity contribution in [3.63, 3.8) is 0 Å². The van der Waals surface area contributed by atoms with Crippen LogP contribution in [-0.4, -0.2) is 37.2 Å². The van der Waals surface area contributed by atoms with Gasteiger partial charge in [0, 0.05) is 6.04 Å². The predicted molar refractivity (Wildman–Crippen MR) is 75.2 cm³/mol. The SMILES string of the molecule is CC(C)NC(=O)NC(=O)COC(=O)c1ccc(OC(F)F)cc1. The van der Waals surface area contributed by atoms with E-state index in [2.05, 4.69) is 10.1 Å². The van der Waals surface area contributed by atoms with Crippen LogP contribution < -0.4 is 15.4 Å². The Morgan fingerprint density at radius 3 is 2.26 bits per heavy atom. The van der Waals surface area contributed by atoms with Crippen LogP contribution in [0.3, 0.4) is 0 Å². The highest BCUT2D eigenvalue weighted by Crippen LogP contribution is 2.15. The van der Waals surface area contributed by atoms with Gasteiger partial charge in [0.1, 0.15) is 5.75 Å². The number of imide groups is 1. The number of halogens is 2. The molecule has 0 heterocycles. The molecular formula is C14H16F2N2O5. The van der Waals surface area contributed by atoms with Crippen molar-refractivity contribution in [2.75, 3.05) is 6.61 Å². The number of amides is 3. The minimum absolute atomic E-state index is 0.0473. The Hall–Kier alpha value is -2.71. The second-order valence-corrected chi connectivity index (χ2v) is 4.66. The maximum Gasteiger partial charge on any atom is 0.387 e. The van der Waals surface area contributed by atoms with Crippen LogP contribution in [0.15, 0.2) is 24.3 Å². The first-order valence-corrected chi connectivity index (χ1v) is 6.60. The summed E-state index contributed by atoms with van der Waals surface area (Å²) >= 11 is 0. The van der Waals surface area contributed by atoms with Crippen molar-refractivity contribution in [3.8, 4) is 5.75 Å². The lowest BCUT2D eigenvalue weighted by Crippen LogP contribution is -2.44. The molecule has 2 N–H and O–H groups in total. The number of ether oxygens (including phenoxy) is 2. The third kappa shape index (κ3) is 7.21. The first kappa shape index (κ1) is 18.3. The van der Waals surface area contributed by atoms with Gasteiger partial charge in [0.15, 0.2) is 6.61 Å². The quantitative estimate of drug-likeness (QED) is 0.774. The maximum atomic E-state index is 12.0. The third-order valence-electron chi connectivity index (χ3n) is 2.32. The maximum absolute atomic E-state index is 12.0. The number of esters is 1. The van der Waals surface area contributed by atoms with Crippen molar-refractivity contribution in [2.45, 2.75) is 26.5 Å². The minimum Gasteiger partial charge on any atom is -0.452 e. The molecule has 1 aromatic carbocycles. The van der Waals surface area contributed by atoms with E-state index in [1.165, 1.54) is 24.3 Å². The molecule has 0 aromatic heterocycles.